The molecule has 0 fully saturated rings. The lowest BCUT2D eigenvalue weighted by Gasteiger charge is -2.07. The van der Waals surface area contributed by atoms with Crippen LogP contribution < -0.4 is 10.6 Å². The molecule has 2 amide bonds. The molecule has 2 N–H and O–H groups in total. The van der Waals surface area contributed by atoms with E-state index in [0.29, 0.717) is 23.5 Å². The number of pyridine rings is 1. The van der Waals surface area contributed by atoms with Gasteiger partial charge in [-0.2, -0.15) is 0 Å². The van der Waals surface area contributed by atoms with Gasteiger partial charge in [0, 0.05) is 23.2 Å². The molecular formula is C22H20FN3O2S. The first-order valence-electron chi connectivity index (χ1n) is 9.00. The number of thioether (sulfide) groups is 1. The van der Waals surface area contributed by atoms with Crippen molar-refractivity contribution in [1.29, 1.82) is 0 Å². The lowest BCUT2D eigenvalue weighted by Crippen LogP contribution is -2.23. The Hall–Kier alpha value is -3.19. The first-order valence-corrected chi connectivity index (χ1v) is 10.2. The summed E-state index contributed by atoms with van der Waals surface area (Å²) in [4.78, 5) is 28.3. The molecule has 3 rings (SSSR count). The monoisotopic (exact) mass is 409 g/mol. The van der Waals surface area contributed by atoms with E-state index in [1.807, 2.05) is 30.3 Å². The van der Waals surface area contributed by atoms with E-state index < -0.39 is 0 Å². The highest BCUT2D eigenvalue weighted by Crippen LogP contribution is 2.15. The summed E-state index contributed by atoms with van der Waals surface area (Å²) in [5, 5.41) is 5.56. The molecule has 0 unspecified atom stereocenters. The number of benzene rings is 2. The number of rotatable bonds is 8. The maximum absolute atomic E-state index is 12.9. The normalized spacial score (nSPS) is 10.4. The van der Waals surface area contributed by atoms with Crippen LogP contribution in [-0.4, -0.2) is 22.6 Å². The second kappa shape index (κ2) is 10.4. The zero-order chi connectivity index (χ0) is 20.5. The molecule has 0 aliphatic carbocycles. The summed E-state index contributed by atoms with van der Waals surface area (Å²) in [6, 6.07) is 18.5. The fraction of sp³-hybridized carbons (Fsp3) is 0.136. The predicted octanol–water partition coefficient (Wildman–Crippen LogP) is 4.02. The number of carbonyl (C=O) groups excluding carboxylic acids is 2. The summed E-state index contributed by atoms with van der Waals surface area (Å²) < 4.78 is 12.9. The molecule has 1 heterocycles. The molecule has 7 heteroatoms. The molecule has 1 aromatic heterocycles. The number of amides is 2. The molecule has 0 aliphatic heterocycles. The molecule has 29 heavy (non-hydrogen) atoms. The number of halogens is 1. The number of carbonyl (C=O) groups is 2. The minimum Gasteiger partial charge on any atom is -0.346 e. The van der Waals surface area contributed by atoms with Gasteiger partial charge in [0.1, 0.15) is 5.82 Å². The third-order valence-electron chi connectivity index (χ3n) is 4.00. The quantitative estimate of drug-likeness (QED) is 0.589. The number of hydrogen-bond donors (Lipinski definition) is 2. The van der Waals surface area contributed by atoms with Crippen LogP contribution in [0.4, 0.5) is 10.1 Å². The van der Waals surface area contributed by atoms with Crippen LogP contribution in [0, 0.1) is 5.82 Å². The van der Waals surface area contributed by atoms with Crippen molar-refractivity contribution in [1.82, 2.24) is 10.3 Å². The highest BCUT2D eigenvalue weighted by molar-refractivity contribution is 7.99. The zero-order valence-corrected chi connectivity index (χ0v) is 16.4. The summed E-state index contributed by atoms with van der Waals surface area (Å²) in [5.74, 6) is 0.281. The largest absolute Gasteiger partial charge is 0.346 e. The van der Waals surface area contributed by atoms with Gasteiger partial charge in [0.2, 0.25) is 5.91 Å². The van der Waals surface area contributed by atoms with Gasteiger partial charge < -0.3 is 10.6 Å². The smallest absolute Gasteiger partial charge is 0.251 e. The lowest BCUT2D eigenvalue weighted by molar-refractivity contribution is -0.113. The second-order valence-electron chi connectivity index (χ2n) is 6.25. The zero-order valence-electron chi connectivity index (χ0n) is 15.6. The van der Waals surface area contributed by atoms with E-state index in [4.69, 9.17) is 0 Å². The Balaban J connectivity index is 1.41. The van der Waals surface area contributed by atoms with Crippen molar-refractivity contribution >= 4 is 29.3 Å². The van der Waals surface area contributed by atoms with Crippen LogP contribution in [0.5, 0.6) is 0 Å². The standard InChI is InChI=1S/C22H20FN3O2S/c23-18-8-10-19(11-9-18)26-21(27)15-29-14-16-4-6-17(7-5-16)22(28)25-13-20-3-1-2-12-24-20/h1-12H,13-15H2,(H,25,28)(H,26,27). The SMILES string of the molecule is O=C(CSCc1ccc(C(=O)NCc2ccccn2)cc1)Nc1ccc(F)cc1. The highest BCUT2D eigenvalue weighted by Gasteiger charge is 2.07. The highest BCUT2D eigenvalue weighted by atomic mass is 32.2. The van der Waals surface area contributed by atoms with E-state index in [1.165, 1.54) is 36.0 Å². The molecule has 0 atom stereocenters. The predicted molar refractivity (Wildman–Crippen MR) is 113 cm³/mol. The summed E-state index contributed by atoms with van der Waals surface area (Å²) in [7, 11) is 0. The number of nitrogens with one attached hydrogen (secondary N) is 2. The van der Waals surface area contributed by atoms with Gasteiger partial charge in [-0.1, -0.05) is 18.2 Å². The molecule has 0 saturated heterocycles. The number of nitrogens with zero attached hydrogens (tertiary/aromatic N) is 1. The van der Waals surface area contributed by atoms with Crippen LogP contribution in [-0.2, 0) is 17.1 Å². The summed E-state index contributed by atoms with van der Waals surface area (Å²) in [6.45, 7) is 0.375. The molecule has 0 bridgehead atoms. The van der Waals surface area contributed by atoms with Crippen LogP contribution in [0.1, 0.15) is 21.6 Å². The molecule has 0 radical (unpaired) electrons. The number of anilines is 1. The van der Waals surface area contributed by atoms with E-state index in [2.05, 4.69) is 15.6 Å². The van der Waals surface area contributed by atoms with E-state index >= 15 is 0 Å². The Morgan fingerprint density at radius 1 is 0.966 bits per heavy atom. The van der Waals surface area contributed by atoms with Crippen LogP contribution in [0.2, 0.25) is 0 Å². The van der Waals surface area contributed by atoms with E-state index in [0.717, 1.165) is 11.3 Å². The van der Waals surface area contributed by atoms with Gasteiger partial charge in [-0.25, -0.2) is 4.39 Å². The Morgan fingerprint density at radius 3 is 2.41 bits per heavy atom. The molecule has 3 aromatic rings. The Kier molecular flexibility index (Phi) is 7.35. The molecule has 0 saturated carbocycles. The Morgan fingerprint density at radius 2 is 1.72 bits per heavy atom. The average Bonchev–Trinajstić information content (AvgIpc) is 2.75. The van der Waals surface area contributed by atoms with Crippen LogP contribution in [0.25, 0.3) is 0 Å². The molecular weight excluding hydrogens is 389 g/mol. The van der Waals surface area contributed by atoms with E-state index in [9.17, 15) is 14.0 Å². The van der Waals surface area contributed by atoms with Gasteiger partial charge >= 0.3 is 0 Å². The lowest BCUT2D eigenvalue weighted by atomic mass is 10.1. The van der Waals surface area contributed by atoms with Crippen LogP contribution >= 0.6 is 11.8 Å². The topological polar surface area (TPSA) is 71.1 Å². The Labute approximate surface area is 172 Å². The number of aromatic nitrogens is 1. The molecule has 2 aromatic carbocycles. The van der Waals surface area contributed by atoms with Crippen molar-refractivity contribution in [2.24, 2.45) is 0 Å². The summed E-state index contributed by atoms with van der Waals surface area (Å²) >= 11 is 1.46. The van der Waals surface area contributed by atoms with E-state index in [-0.39, 0.29) is 23.4 Å². The first-order chi connectivity index (χ1) is 14.1. The minimum atomic E-state index is -0.341. The molecule has 0 spiro atoms. The maximum Gasteiger partial charge on any atom is 0.251 e. The second-order valence-corrected chi connectivity index (χ2v) is 7.23. The molecule has 5 nitrogen and oxygen atoms in total. The third kappa shape index (κ3) is 6.73. The summed E-state index contributed by atoms with van der Waals surface area (Å²) in [5.41, 5.74) is 2.96. The van der Waals surface area contributed by atoms with Crippen molar-refractivity contribution in [2.45, 2.75) is 12.3 Å². The Bertz CT molecular complexity index is 948. The van der Waals surface area contributed by atoms with Gasteiger partial charge in [0.05, 0.1) is 18.0 Å². The fourth-order valence-electron chi connectivity index (χ4n) is 2.52. The van der Waals surface area contributed by atoms with Gasteiger partial charge in [0.25, 0.3) is 5.91 Å². The number of hydrogen-bond acceptors (Lipinski definition) is 4. The fourth-order valence-corrected chi connectivity index (χ4v) is 3.31. The van der Waals surface area contributed by atoms with Crippen molar-refractivity contribution in [3.8, 4) is 0 Å². The van der Waals surface area contributed by atoms with Crippen molar-refractivity contribution in [3.63, 3.8) is 0 Å². The molecule has 0 aliphatic rings. The maximum atomic E-state index is 12.9. The van der Waals surface area contributed by atoms with Crippen LogP contribution in [0.3, 0.4) is 0 Å². The van der Waals surface area contributed by atoms with Crippen molar-refractivity contribution in [2.75, 3.05) is 11.1 Å². The molecule has 148 valence electrons. The van der Waals surface area contributed by atoms with Crippen LogP contribution in [0.15, 0.2) is 72.9 Å². The van der Waals surface area contributed by atoms with Gasteiger partial charge in [-0.3, -0.25) is 14.6 Å². The van der Waals surface area contributed by atoms with Gasteiger partial charge in [0.15, 0.2) is 0 Å². The average molecular weight is 409 g/mol. The third-order valence-corrected chi connectivity index (χ3v) is 5.01. The van der Waals surface area contributed by atoms with Gasteiger partial charge in [-0.15, -0.1) is 11.8 Å². The van der Waals surface area contributed by atoms with E-state index in [1.54, 1.807) is 18.3 Å². The van der Waals surface area contributed by atoms with Crippen molar-refractivity contribution < 1.29 is 14.0 Å². The summed E-state index contributed by atoms with van der Waals surface area (Å²) in [6.07, 6.45) is 1.69. The van der Waals surface area contributed by atoms with Gasteiger partial charge in [-0.05, 0) is 54.1 Å². The van der Waals surface area contributed by atoms with Crippen molar-refractivity contribution in [3.05, 3.63) is 95.6 Å². The minimum absolute atomic E-state index is 0.146. The first kappa shape index (κ1) is 20.5.